The molecule has 0 aromatic rings. The molecule has 308 valence electrons. The van der Waals surface area contributed by atoms with Crippen molar-refractivity contribution in [2.24, 2.45) is 56.2 Å². The fraction of sp³-hybridized carbons (Fsp3) is 1.00. The summed E-state index contributed by atoms with van der Waals surface area (Å²) in [6.45, 7) is 31.2. The van der Waals surface area contributed by atoms with E-state index in [2.05, 4.69) is 58.3 Å². The first kappa shape index (κ1) is 39.1. The number of morpholine rings is 1. The largest absolute Gasteiger partial charge is 0.390 e. The van der Waals surface area contributed by atoms with E-state index in [0.717, 1.165) is 65.4 Å². The van der Waals surface area contributed by atoms with Crippen LogP contribution in [0.15, 0.2) is 0 Å². The zero-order valence-corrected chi connectivity index (χ0v) is 35.6. The van der Waals surface area contributed by atoms with Crippen molar-refractivity contribution in [2.45, 2.75) is 169 Å². The normalized spacial score (nSPS) is 51.0. The van der Waals surface area contributed by atoms with Gasteiger partial charge in [0.15, 0.2) is 6.29 Å². The molecular formula is C45H76N2O7. The molecule has 9 nitrogen and oxygen atoms in total. The molecule has 9 rings (SSSR count). The van der Waals surface area contributed by atoms with Crippen LogP contribution < -0.4 is 0 Å². The van der Waals surface area contributed by atoms with Crippen molar-refractivity contribution in [1.82, 2.24) is 9.80 Å². The number of ether oxygens (including phenoxy) is 5. The third-order valence-corrected chi connectivity index (χ3v) is 18.9. The van der Waals surface area contributed by atoms with Gasteiger partial charge in [0.25, 0.3) is 0 Å². The van der Waals surface area contributed by atoms with Gasteiger partial charge < -0.3 is 33.9 Å². The number of hydrogen-bond donors (Lipinski definition) is 2. The number of rotatable bonds is 9. The average molecular weight is 757 g/mol. The van der Waals surface area contributed by atoms with E-state index in [1.807, 2.05) is 20.8 Å². The molecule has 9 fully saturated rings. The fourth-order valence-corrected chi connectivity index (χ4v) is 16.4. The molecule has 4 heterocycles. The third-order valence-electron chi connectivity index (χ3n) is 18.9. The van der Waals surface area contributed by atoms with Gasteiger partial charge in [-0.15, -0.1) is 0 Å². The second-order valence-corrected chi connectivity index (χ2v) is 22.9. The second kappa shape index (κ2) is 12.6. The Morgan fingerprint density at radius 2 is 1.65 bits per heavy atom. The maximum absolute atomic E-state index is 12.7. The zero-order valence-electron chi connectivity index (χ0n) is 35.6. The van der Waals surface area contributed by atoms with Gasteiger partial charge in [-0.1, -0.05) is 41.5 Å². The first-order valence-electron chi connectivity index (χ1n) is 22.3. The van der Waals surface area contributed by atoms with Crippen LogP contribution in [0.2, 0.25) is 0 Å². The van der Waals surface area contributed by atoms with Crippen molar-refractivity contribution in [2.75, 3.05) is 59.2 Å². The van der Waals surface area contributed by atoms with Crippen LogP contribution in [-0.4, -0.2) is 127 Å². The summed E-state index contributed by atoms with van der Waals surface area (Å²) >= 11 is 0. The third kappa shape index (κ3) is 5.33. The first-order chi connectivity index (χ1) is 25.3. The van der Waals surface area contributed by atoms with Crippen LogP contribution in [0.4, 0.5) is 0 Å². The molecule has 5 aliphatic carbocycles. The zero-order chi connectivity index (χ0) is 38.5. The van der Waals surface area contributed by atoms with Crippen LogP contribution in [0.1, 0.15) is 121 Å². The molecule has 9 aliphatic rings. The lowest BCUT2D eigenvalue weighted by Gasteiger charge is -2.64. The molecule has 14 atom stereocenters. The van der Waals surface area contributed by atoms with Crippen molar-refractivity contribution in [3.8, 4) is 0 Å². The van der Waals surface area contributed by atoms with E-state index in [-0.39, 0.29) is 46.4 Å². The minimum absolute atomic E-state index is 0.0154. The Morgan fingerprint density at radius 3 is 2.31 bits per heavy atom. The summed E-state index contributed by atoms with van der Waals surface area (Å²) in [5.74, 6) is 1.82. The van der Waals surface area contributed by atoms with Gasteiger partial charge in [-0.3, -0.25) is 9.80 Å². The summed E-state index contributed by atoms with van der Waals surface area (Å²) in [4.78, 5) is 5.28. The van der Waals surface area contributed by atoms with Crippen molar-refractivity contribution in [3.63, 3.8) is 0 Å². The van der Waals surface area contributed by atoms with Gasteiger partial charge in [-0.25, -0.2) is 0 Å². The molecule has 0 bridgehead atoms. The molecule has 4 saturated heterocycles. The first-order valence-corrected chi connectivity index (χ1v) is 22.3. The Kier molecular flexibility index (Phi) is 9.11. The second-order valence-electron chi connectivity index (χ2n) is 22.9. The minimum Gasteiger partial charge on any atom is -0.390 e. The summed E-state index contributed by atoms with van der Waals surface area (Å²) in [6.07, 6.45) is 8.02. The van der Waals surface area contributed by atoms with E-state index in [1.165, 1.54) is 38.5 Å². The molecule has 5 saturated carbocycles. The van der Waals surface area contributed by atoms with Crippen molar-refractivity contribution in [3.05, 3.63) is 0 Å². The molecule has 4 aliphatic heterocycles. The van der Waals surface area contributed by atoms with Crippen LogP contribution in [0.5, 0.6) is 0 Å². The Balaban J connectivity index is 0.890. The van der Waals surface area contributed by atoms with Crippen LogP contribution in [0.25, 0.3) is 0 Å². The Hall–Kier alpha value is -0.360. The van der Waals surface area contributed by atoms with Gasteiger partial charge in [0, 0.05) is 49.2 Å². The van der Waals surface area contributed by atoms with Gasteiger partial charge in [-0.05, 0) is 124 Å². The number of aliphatic hydroxyl groups excluding tert-OH is 1. The molecule has 0 radical (unpaired) electrons. The predicted octanol–water partition coefficient (Wildman–Crippen LogP) is 6.13. The summed E-state index contributed by atoms with van der Waals surface area (Å²) in [5, 5.41) is 23.8. The smallest absolute Gasteiger partial charge is 0.170 e. The number of likely N-dealkylation sites (tertiary alicyclic amines) is 1. The van der Waals surface area contributed by atoms with Crippen molar-refractivity contribution < 1.29 is 33.9 Å². The highest BCUT2D eigenvalue weighted by Crippen LogP contribution is 2.89. The molecular weight excluding hydrogens is 681 g/mol. The highest BCUT2D eigenvalue weighted by atomic mass is 16.7. The minimum atomic E-state index is -1.02. The number of fused-ring (bicyclic) bond motifs is 4. The monoisotopic (exact) mass is 757 g/mol. The predicted molar refractivity (Wildman–Crippen MR) is 208 cm³/mol. The Labute approximate surface area is 326 Å². The maximum atomic E-state index is 12.7. The van der Waals surface area contributed by atoms with Crippen molar-refractivity contribution >= 4 is 0 Å². The molecule has 2 N–H and O–H groups in total. The van der Waals surface area contributed by atoms with Crippen LogP contribution >= 0.6 is 0 Å². The SMILES string of the molecule is CCO[C@@H](C1C[C@@H](C)[C@H]2C(O1)[C@H](O)[C@@]1(C)C3CC[C@H]4C(C)(C)[C@@H](O[C@H]5CN(C6(C)CN(CC7(C)COC7)C6)CCO5)CC[C@@]45C[C@@]35CC[C@]21C)C(C)(C)O. The lowest BCUT2D eigenvalue weighted by molar-refractivity contribution is -0.260. The molecule has 0 amide bonds. The molecule has 54 heavy (non-hydrogen) atoms. The van der Waals surface area contributed by atoms with Crippen LogP contribution in [0.3, 0.4) is 0 Å². The van der Waals surface area contributed by atoms with Gasteiger partial charge in [0.1, 0.15) is 6.10 Å². The van der Waals surface area contributed by atoms with Gasteiger partial charge in [0.05, 0.1) is 56.4 Å². The van der Waals surface area contributed by atoms with E-state index in [9.17, 15) is 10.2 Å². The highest BCUT2D eigenvalue weighted by Gasteiger charge is 2.84. The molecule has 0 aromatic carbocycles. The van der Waals surface area contributed by atoms with E-state index < -0.39 is 17.8 Å². The van der Waals surface area contributed by atoms with Crippen LogP contribution in [-0.2, 0) is 23.7 Å². The quantitative estimate of drug-likeness (QED) is 0.289. The molecule has 3 unspecified atom stereocenters. The molecule has 9 heteroatoms. The standard InChI is InChI=1S/C45H76N2O7/c1-11-51-37(39(5,6)49)29-20-28(2)34-35(53-29)36(48)43(10)31-13-12-30-38(3,4)32(14-15-44(30)22-45(31,44)17-16-42(34,43)9)54-33-21-47(18-19-52-33)41(8)24-46(25-41)23-40(7)26-50-27-40/h28-37,48-49H,11-27H2,1-10H3/t28-,29?,30+,31?,32+,33+,34+,35?,36+,37+,42-,43-,44-,45+/m1/s1. The topological polar surface area (TPSA) is 93.1 Å². The Bertz CT molecular complexity index is 1440. The lowest BCUT2D eigenvalue weighted by atomic mass is 9.41. The number of nitrogens with zero attached hydrogens (tertiary/aromatic N) is 2. The summed E-state index contributed by atoms with van der Waals surface area (Å²) in [5.41, 5.74) is 0.0227. The fourth-order valence-electron chi connectivity index (χ4n) is 16.4. The van der Waals surface area contributed by atoms with Gasteiger partial charge in [0.2, 0.25) is 0 Å². The maximum Gasteiger partial charge on any atom is 0.170 e. The van der Waals surface area contributed by atoms with Crippen LogP contribution in [0, 0.1) is 56.2 Å². The van der Waals surface area contributed by atoms with Gasteiger partial charge in [-0.2, -0.15) is 0 Å². The van der Waals surface area contributed by atoms with E-state index in [0.29, 0.717) is 46.5 Å². The Morgan fingerprint density at radius 1 is 0.944 bits per heavy atom. The average Bonchev–Trinajstić information content (AvgIpc) is 3.71. The number of hydrogen-bond acceptors (Lipinski definition) is 9. The van der Waals surface area contributed by atoms with E-state index in [1.54, 1.807) is 0 Å². The number of aliphatic hydroxyl groups is 2. The summed E-state index contributed by atoms with van der Waals surface area (Å²) in [6, 6.07) is 0. The highest BCUT2D eigenvalue weighted by molar-refractivity contribution is 5.33. The van der Waals surface area contributed by atoms with Gasteiger partial charge >= 0.3 is 0 Å². The molecule has 2 spiro atoms. The van der Waals surface area contributed by atoms with E-state index in [4.69, 9.17) is 23.7 Å². The van der Waals surface area contributed by atoms with E-state index >= 15 is 0 Å². The lowest BCUT2D eigenvalue weighted by Crippen LogP contribution is -2.72. The van der Waals surface area contributed by atoms with Crippen molar-refractivity contribution in [1.29, 1.82) is 0 Å². The molecule has 0 aromatic heterocycles. The summed E-state index contributed by atoms with van der Waals surface area (Å²) in [7, 11) is 0. The summed E-state index contributed by atoms with van der Waals surface area (Å²) < 4.78 is 32.2.